The third-order valence-electron chi connectivity index (χ3n) is 3.08. The molecule has 1 atom stereocenters. The van der Waals surface area contributed by atoms with E-state index in [4.69, 9.17) is 10.00 Å². The SMILES string of the molecule is CC1(C)CN(C(=O)c2ccc(C#N)cn2)CC(CO)O1. The zero-order chi connectivity index (χ0) is 14.8. The van der Waals surface area contributed by atoms with Gasteiger partial charge in [-0.05, 0) is 26.0 Å². The monoisotopic (exact) mass is 275 g/mol. The highest BCUT2D eigenvalue weighted by Crippen LogP contribution is 2.22. The van der Waals surface area contributed by atoms with Crippen molar-refractivity contribution in [3.8, 4) is 6.07 Å². The number of pyridine rings is 1. The van der Waals surface area contributed by atoms with E-state index in [9.17, 15) is 9.90 Å². The average Bonchev–Trinajstić information content (AvgIpc) is 2.44. The molecule has 6 nitrogen and oxygen atoms in total. The van der Waals surface area contributed by atoms with Crippen LogP contribution in [0.15, 0.2) is 18.3 Å². The first-order chi connectivity index (χ1) is 9.45. The lowest BCUT2D eigenvalue weighted by Gasteiger charge is -2.42. The second-order valence-electron chi connectivity index (χ2n) is 5.41. The van der Waals surface area contributed by atoms with Gasteiger partial charge in [0.2, 0.25) is 0 Å². The summed E-state index contributed by atoms with van der Waals surface area (Å²) < 4.78 is 5.67. The van der Waals surface area contributed by atoms with Gasteiger partial charge in [-0.25, -0.2) is 4.98 Å². The van der Waals surface area contributed by atoms with Crippen LogP contribution in [0.3, 0.4) is 0 Å². The van der Waals surface area contributed by atoms with Crippen LogP contribution >= 0.6 is 0 Å². The number of ether oxygens (including phenoxy) is 1. The van der Waals surface area contributed by atoms with Crippen molar-refractivity contribution in [2.24, 2.45) is 0 Å². The van der Waals surface area contributed by atoms with Gasteiger partial charge < -0.3 is 14.7 Å². The van der Waals surface area contributed by atoms with Gasteiger partial charge in [0.05, 0.1) is 23.9 Å². The smallest absolute Gasteiger partial charge is 0.272 e. The van der Waals surface area contributed by atoms with E-state index >= 15 is 0 Å². The number of nitrogens with zero attached hydrogens (tertiary/aromatic N) is 3. The van der Waals surface area contributed by atoms with E-state index in [2.05, 4.69) is 4.98 Å². The quantitative estimate of drug-likeness (QED) is 0.852. The number of aliphatic hydroxyl groups excluding tert-OH is 1. The van der Waals surface area contributed by atoms with E-state index in [1.54, 1.807) is 11.0 Å². The minimum atomic E-state index is -0.506. The van der Waals surface area contributed by atoms with Crippen molar-refractivity contribution in [1.29, 1.82) is 5.26 Å². The zero-order valence-electron chi connectivity index (χ0n) is 11.5. The number of aliphatic hydroxyl groups is 1. The summed E-state index contributed by atoms with van der Waals surface area (Å²) in [6, 6.07) is 5.07. The maximum absolute atomic E-state index is 12.4. The van der Waals surface area contributed by atoms with Crippen LogP contribution in [0.4, 0.5) is 0 Å². The molecule has 1 saturated heterocycles. The third-order valence-corrected chi connectivity index (χ3v) is 3.08. The number of aromatic nitrogens is 1. The van der Waals surface area contributed by atoms with Crippen molar-refractivity contribution in [3.63, 3.8) is 0 Å². The molecule has 0 bridgehead atoms. The fraction of sp³-hybridized carbons (Fsp3) is 0.500. The van der Waals surface area contributed by atoms with Crippen molar-refractivity contribution < 1.29 is 14.6 Å². The van der Waals surface area contributed by atoms with E-state index in [0.29, 0.717) is 24.3 Å². The Balaban J connectivity index is 2.17. The van der Waals surface area contributed by atoms with Gasteiger partial charge in [-0.1, -0.05) is 0 Å². The zero-order valence-corrected chi connectivity index (χ0v) is 11.5. The van der Waals surface area contributed by atoms with Gasteiger partial charge >= 0.3 is 0 Å². The Morgan fingerprint density at radius 1 is 1.65 bits per heavy atom. The molecule has 2 heterocycles. The second kappa shape index (κ2) is 5.57. The summed E-state index contributed by atoms with van der Waals surface area (Å²) in [4.78, 5) is 18.0. The average molecular weight is 275 g/mol. The molecule has 1 unspecified atom stereocenters. The van der Waals surface area contributed by atoms with Gasteiger partial charge in [0.15, 0.2) is 0 Å². The Bertz CT molecular complexity index is 534. The van der Waals surface area contributed by atoms with Crippen molar-refractivity contribution in [2.75, 3.05) is 19.7 Å². The van der Waals surface area contributed by atoms with Gasteiger partial charge in [-0.3, -0.25) is 4.79 Å². The Morgan fingerprint density at radius 3 is 2.95 bits per heavy atom. The number of rotatable bonds is 2. The van der Waals surface area contributed by atoms with Crippen LogP contribution in [-0.4, -0.2) is 52.3 Å². The molecule has 6 heteroatoms. The van der Waals surface area contributed by atoms with Crippen molar-refractivity contribution in [1.82, 2.24) is 9.88 Å². The number of carbonyl (C=O) groups excluding carboxylic acids is 1. The fourth-order valence-corrected chi connectivity index (χ4v) is 2.29. The number of amides is 1. The maximum Gasteiger partial charge on any atom is 0.272 e. The molecule has 1 N–H and O–H groups in total. The molecule has 2 rings (SSSR count). The van der Waals surface area contributed by atoms with Crippen LogP contribution in [0.25, 0.3) is 0 Å². The molecular formula is C14H17N3O3. The minimum Gasteiger partial charge on any atom is -0.394 e. The number of morpholine rings is 1. The van der Waals surface area contributed by atoms with E-state index in [1.165, 1.54) is 12.3 Å². The Kier molecular flexibility index (Phi) is 4.02. The first-order valence-corrected chi connectivity index (χ1v) is 6.39. The molecule has 1 aliphatic heterocycles. The van der Waals surface area contributed by atoms with Crippen LogP contribution in [0.5, 0.6) is 0 Å². The largest absolute Gasteiger partial charge is 0.394 e. The lowest BCUT2D eigenvalue weighted by atomic mass is 10.0. The van der Waals surface area contributed by atoms with E-state index < -0.39 is 5.60 Å². The molecule has 0 radical (unpaired) electrons. The highest BCUT2D eigenvalue weighted by atomic mass is 16.5. The van der Waals surface area contributed by atoms with Crippen LogP contribution in [0.2, 0.25) is 0 Å². The molecule has 1 fully saturated rings. The molecule has 1 aromatic heterocycles. The van der Waals surface area contributed by atoms with Crippen molar-refractivity contribution in [2.45, 2.75) is 25.6 Å². The Hall–Kier alpha value is -1.97. The second-order valence-corrected chi connectivity index (χ2v) is 5.41. The summed E-state index contributed by atoms with van der Waals surface area (Å²) in [7, 11) is 0. The standard InChI is InChI=1S/C14H17N3O3/c1-14(2)9-17(7-11(8-18)20-14)13(19)12-4-3-10(5-15)6-16-12/h3-4,6,11,18H,7-9H2,1-2H3. The van der Waals surface area contributed by atoms with Gasteiger partial charge in [-0.2, -0.15) is 5.26 Å². The summed E-state index contributed by atoms with van der Waals surface area (Å²) in [5.74, 6) is -0.218. The predicted octanol–water partition coefficient (Wildman–Crippen LogP) is 0.565. The summed E-state index contributed by atoms with van der Waals surface area (Å²) in [6.45, 7) is 4.39. The highest BCUT2D eigenvalue weighted by Gasteiger charge is 2.35. The topological polar surface area (TPSA) is 86.5 Å². The molecule has 20 heavy (non-hydrogen) atoms. The summed E-state index contributed by atoms with van der Waals surface area (Å²) in [6.07, 6.45) is 0.989. The van der Waals surface area contributed by atoms with Crippen LogP contribution < -0.4 is 0 Å². The lowest BCUT2D eigenvalue weighted by molar-refractivity contribution is -0.139. The first-order valence-electron chi connectivity index (χ1n) is 6.39. The number of carbonyl (C=O) groups is 1. The molecule has 0 spiro atoms. The Labute approximate surface area is 117 Å². The molecule has 106 valence electrons. The van der Waals surface area contributed by atoms with E-state index in [1.807, 2.05) is 19.9 Å². The molecule has 1 aromatic rings. The maximum atomic E-state index is 12.4. The third kappa shape index (κ3) is 3.13. The molecule has 0 saturated carbocycles. The van der Waals surface area contributed by atoms with E-state index in [-0.39, 0.29) is 18.6 Å². The summed E-state index contributed by atoms with van der Waals surface area (Å²) in [5.41, 5.74) is 0.198. The van der Waals surface area contributed by atoms with Crippen LogP contribution in [0.1, 0.15) is 29.9 Å². The summed E-state index contributed by atoms with van der Waals surface area (Å²) >= 11 is 0. The molecule has 1 aliphatic rings. The molecule has 0 aromatic carbocycles. The summed E-state index contributed by atoms with van der Waals surface area (Å²) in [5, 5.41) is 18.0. The fourth-order valence-electron chi connectivity index (χ4n) is 2.29. The predicted molar refractivity (Wildman–Crippen MR) is 70.9 cm³/mol. The van der Waals surface area contributed by atoms with Gasteiger partial charge in [0.1, 0.15) is 11.8 Å². The van der Waals surface area contributed by atoms with Crippen LogP contribution in [-0.2, 0) is 4.74 Å². The van der Waals surface area contributed by atoms with Gasteiger partial charge in [-0.15, -0.1) is 0 Å². The van der Waals surface area contributed by atoms with Crippen LogP contribution in [0, 0.1) is 11.3 Å². The molecular weight excluding hydrogens is 258 g/mol. The number of nitriles is 1. The molecule has 1 amide bonds. The van der Waals surface area contributed by atoms with Gasteiger partial charge in [0, 0.05) is 19.3 Å². The van der Waals surface area contributed by atoms with Gasteiger partial charge in [0.25, 0.3) is 5.91 Å². The number of hydrogen-bond donors (Lipinski definition) is 1. The first kappa shape index (κ1) is 14.4. The highest BCUT2D eigenvalue weighted by molar-refractivity contribution is 5.92. The van der Waals surface area contributed by atoms with Crippen molar-refractivity contribution in [3.05, 3.63) is 29.6 Å². The molecule has 0 aliphatic carbocycles. The lowest BCUT2D eigenvalue weighted by Crippen LogP contribution is -2.55. The Morgan fingerprint density at radius 2 is 2.40 bits per heavy atom. The van der Waals surface area contributed by atoms with Crippen molar-refractivity contribution >= 4 is 5.91 Å². The minimum absolute atomic E-state index is 0.131. The van der Waals surface area contributed by atoms with E-state index in [0.717, 1.165) is 0 Å². The number of hydrogen-bond acceptors (Lipinski definition) is 5. The normalized spacial score (nSPS) is 21.3.